The molecule has 5 N–H and O–H groups in total. The summed E-state index contributed by atoms with van der Waals surface area (Å²) in [5.41, 5.74) is 5.84. The number of sulfonamides is 1. The lowest BCUT2D eigenvalue weighted by Gasteiger charge is -2.18. The highest BCUT2D eigenvalue weighted by Crippen LogP contribution is 2.36. The van der Waals surface area contributed by atoms with E-state index in [-0.39, 0.29) is 16.9 Å². The Morgan fingerprint density at radius 1 is 1.22 bits per heavy atom. The number of carboxylic acids is 1. The van der Waals surface area contributed by atoms with Crippen molar-refractivity contribution in [2.75, 3.05) is 0 Å². The molecule has 2 aromatic carbocycles. The minimum Gasteiger partial charge on any atom is -0.478 e. The largest absolute Gasteiger partial charge is 0.478 e. The molecule has 0 spiro atoms. The third-order valence-electron chi connectivity index (χ3n) is 3.09. The fourth-order valence-electron chi connectivity index (χ4n) is 2.01. The summed E-state index contributed by atoms with van der Waals surface area (Å²) in [7, 11) is -4.21. The van der Waals surface area contributed by atoms with Crippen LogP contribution in [-0.2, 0) is 10.0 Å². The molecular weight excluding hydrogens is 320 g/mol. The quantitative estimate of drug-likeness (QED) is 0.763. The van der Waals surface area contributed by atoms with E-state index in [4.69, 9.17) is 20.7 Å². The molecule has 0 saturated carbocycles. The molecule has 0 aliphatic heterocycles. The van der Waals surface area contributed by atoms with E-state index in [2.05, 4.69) is 0 Å². The molecule has 0 aromatic heterocycles. The Morgan fingerprint density at radius 3 is 2.30 bits per heavy atom. The molecule has 1 unspecified atom stereocenters. The van der Waals surface area contributed by atoms with E-state index >= 15 is 0 Å². The number of hydrogen-bond donors (Lipinski definition) is 3. The lowest BCUT2D eigenvalue weighted by Crippen LogP contribution is -2.17. The lowest BCUT2D eigenvalue weighted by molar-refractivity contribution is 0.0696. The summed E-state index contributed by atoms with van der Waals surface area (Å²) < 4.78 is 29.3. The van der Waals surface area contributed by atoms with E-state index < -0.39 is 26.9 Å². The van der Waals surface area contributed by atoms with Crippen molar-refractivity contribution in [1.29, 1.82) is 0 Å². The maximum atomic E-state index is 11.9. The number of ether oxygens (including phenoxy) is 1. The molecule has 0 bridgehead atoms. The summed E-state index contributed by atoms with van der Waals surface area (Å²) in [6.45, 7) is 1.59. The van der Waals surface area contributed by atoms with E-state index in [0.29, 0.717) is 5.75 Å². The molecule has 0 fully saturated rings. The van der Waals surface area contributed by atoms with Crippen molar-refractivity contribution in [3.8, 4) is 11.5 Å². The third-order valence-corrected chi connectivity index (χ3v) is 4.01. The molecule has 2 aromatic rings. The van der Waals surface area contributed by atoms with Gasteiger partial charge >= 0.3 is 5.97 Å². The summed E-state index contributed by atoms with van der Waals surface area (Å²) in [6, 6.07) is 10.0. The zero-order valence-corrected chi connectivity index (χ0v) is 13.1. The predicted molar refractivity (Wildman–Crippen MR) is 83.9 cm³/mol. The van der Waals surface area contributed by atoms with Crippen LogP contribution in [0.2, 0.25) is 0 Å². The molecule has 2 rings (SSSR count). The van der Waals surface area contributed by atoms with Gasteiger partial charge in [0.05, 0.1) is 5.56 Å². The molecule has 8 heteroatoms. The van der Waals surface area contributed by atoms with Gasteiger partial charge in [-0.2, -0.15) is 0 Å². The Morgan fingerprint density at radius 2 is 1.83 bits per heavy atom. The average molecular weight is 336 g/mol. The fraction of sp³-hybridized carbons (Fsp3) is 0.133. The number of benzene rings is 2. The van der Waals surface area contributed by atoms with Gasteiger partial charge in [-0.15, -0.1) is 0 Å². The van der Waals surface area contributed by atoms with Crippen molar-refractivity contribution >= 4 is 16.0 Å². The molecule has 0 saturated heterocycles. The van der Waals surface area contributed by atoms with Crippen LogP contribution in [0.3, 0.4) is 0 Å². The van der Waals surface area contributed by atoms with E-state index in [0.717, 1.165) is 6.07 Å². The van der Waals surface area contributed by atoms with Crippen LogP contribution in [0, 0.1) is 0 Å². The summed E-state index contributed by atoms with van der Waals surface area (Å²) in [4.78, 5) is 10.8. The minimum absolute atomic E-state index is 0.0706. The van der Waals surface area contributed by atoms with Crippen LogP contribution in [0.4, 0.5) is 0 Å². The van der Waals surface area contributed by atoms with Gasteiger partial charge in [0.2, 0.25) is 10.0 Å². The molecule has 122 valence electrons. The zero-order valence-electron chi connectivity index (χ0n) is 12.3. The number of carbonyl (C=O) groups is 1. The second kappa shape index (κ2) is 6.37. The first-order valence-corrected chi connectivity index (χ1v) is 8.17. The van der Waals surface area contributed by atoms with E-state index in [1.807, 2.05) is 0 Å². The van der Waals surface area contributed by atoms with Crippen molar-refractivity contribution in [3.05, 3.63) is 53.6 Å². The molecule has 1 atom stereocenters. The summed E-state index contributed by atoms with van der Waals surface area (Å²) >= 11 is 0. The Hall–Kier alpha value is -2.42. The van der Waals surface area contributed by atoms with Crippen molar-refractivity contribution in [3.63, 3.8) is 0 Å². The number of carboxylic acid groups (broad SMARTS) is 1. The summed E-state index contributed by atoms with van der Waals surface area (Å²) in [5, 5.41) is 14.4. The van der Waals surface area contributed by atoms with Crippen LogP contribution >= 0.6 is 0 Å². The first kappa shape index (κ1) is 16.9. The molecule has 0 aliphatic rings. The van der Waals surface area contributed by atoms with Crippen molar-refractivity contribution in [2.45, 2.75) is 17.9 Å². The molecular formula is C15H16N2O5S. The Balaban J connectivity index is 2.73. The van der Waals surface area contributed by atoms with Crippen LogP contribution in [0.5, 0.6) is 11.5 Å². The summed E-state index contributed by atoms with van der Waals surface area (Å²) in [5.74, 6) is -0.982. The molecule has 0 heterocycles. The predicted octanol–water partition coefficient (Wildman–Crippen LogP) is 1.84. The van der Waals surface area contributed by atoms with Crippen LogP contribution in [0.25, 0.3) is 0 Å². The molecule has 23 heavy (non-hydrogen) atoms. The van der Waals surface area contributed by atoms with Crippen molar-refractivity contribution in [2.24, 2.45) is 10.9 Å². The Bertz CT molecular complexity index is 832. The highest BCUT2D eigenvalue weighted by Gasteiger charge is 2.24. The SMILES string of the molecule is CC(N)c1cc(C(=O)O)cc(S(N)(=O)=O)c1Oc1ccccc1. The van der Waals surface area contributed by atoms with E-state index in [9.17, 15) is 13.2 Å². The van der Waals surface area contributed by atoms with E-state index in [1.54, 1.807) is 37.3 Å². The maximum absolute atomic E-state index is 11.9. The number of hydrogen-bond acceptors (Lipinski definition) is 5. The monoisotopic (exact) mass is 336 g/mol. The average Bonchev–Trinajstić information content (AvgIpc) is 2.46. The standard InChI is InChI=1S/C15H16N2O5S/c1-9(16)12-7-10(15(18)19)8-13(23(17,20)21)14(12)22-11-5-3-2-4-6-11/h2-9H,16H2,1H3,(H,18,19)(H2,17,20,21). The fourth-order valence-corrected chi connectivity index (χ4v) is 2.72. The molecule has 0 radical (unpaired) electrons. The number of primary sulfonamides is 1. The van der Waals surface area contributed by atoms with Crippen LogP contribution < -0.4 is 15.6 Å². The summed E-state index contributed by atoms with van der Waals surface area (Å²) in [6.07, 6.45) is 0. The highest BCUT2D eigenvalue weighted by molar-refractivity contribution is 7.89. The van der Waals surface area contributed by atoms with Gasteiger partial charge in [-0.3, -0.25) is 0 Å². The van der Waals surface area contributed by atoms with Crippen LogP contribution in [-0.4, -0.2) is 19.5 Å². The minimum atomic E-state index is -4.21. The highest BCUT2D eigenvalue weighted by atomic mass is 32.2. The van der Waals surface area contributed by atoms with Crippen LogP contribution in [0.1, 0.15) is 28.9 Å². The number of rotatable bonds is 5. The second-order valence-electron chi connectivity index (χ2n) is 4.95. The van der Waals surface area contributed by atoms with Gasteiger partial charge in [0.15, 0.2) is 5.75 Å². The normalized spacial score (nSPS) is 12.7. The molecule has 0 aliphatic carbocycles. The van der Waals surface area contributed by atoms with Crippen molar-refractivity contribution in [1.82, 2.24) is 0 Å². The molecule has 7 nitrogen and oxygen atoms in total. The van der Waals surface area contributed by atoms with Gasteiger partial charge < -0.3 is 15.6 Å². The Labute approximate surface area is 133 Å². The number of aromatic carboxylic acids is 1. The van der Waals surface area contributed by atoms with Crippen LogP contribution in [0.15, 0.2) is 47.4 Å². The second-order valence-corrected chi connectivity index (χ2v) is 6.48. The van der Waals surface area contributed by atoms with Gasteiger partial charge in [-0.1, -0.05) is 18.2 Å². The van der Waals surface area contributed by atoms with Crippen molar-refractivity contribution < 1.29 is 23.1 Å². The smallest absolute Gasteiger partial charge is 0.335 e. The zero-order chi connectivity index (χ0) is 17.2. The van der Waals surface area contributed by atoms with Gasteiger partial charge in [-0.25, -0.2) is 18.4 Å². The molecule has 0 amide bonds. The Kier molecular flexibility index (Phi) is 4.69. The van der Waals surface area contributed by atoms with Gasteiger partial charge in [-0.05, 0) is 31.2 Å². The third kappa shape index (κ3) is 3.86. The first-order chi connectivity index (χ1) is 10.7. The van der Waals surface area contributed by atoms with Gasteiger partial charge in [0.1, 0.15) is 10.6 Å². The first-order valence-electron chi connectivity index (χ1n) is 6.62. The topological polar surface area (TPSA) is 133 Å². The van der Waals surface area contributed by atoms with E-state index in [1.165, 1.54) is 6.07 Å². The van der Waals surface area contributed by atoms with Gasteiger partial charge in [0, 0.05) is 11.6 Å². The number of para-hydroxylation sites is 1. The number of nitrogens with two attached hydrogens (primary N) is 2. The lowest BCUT2D eigenvalue weighted by atomic mass is 10.0. The maximum Gasteiger partial charge on any atom is 0.335 e. The van der Waals surface area contributed by atoms with Gasteiger partial charge in [0.25, 0.3) is 0 Å².